The van der Waals surface area contributed by atoms with Crippen LogP contribution < -0.4 is 9.64 Å². The number of aromatic nitrogens is 1. The first-order valence-electron chi connectivity index (χ1n) is 12.7. The van der Waals surface area contributed by atoms with Crippen molar-refractivity contribution >= 4 is 35.3 Å². The van der Waals surface area contributed by atoms with Crippen molar-refractivity contribution in [2.45, 2.75) is 51.9 Å². The largest absolute Gasteiger partial charge is 0.474 e. The number of hydrogen-bond donors (Lipinski definition) is 1. The van der Waals surface area contributed by atoms with Crippen molar-refractivity contribution in [2.24, 2.45) is 0 Å². The van der Waals surface area contributed by atoms with Crippen LogP contribution in [0, 0.1) is 5.82 Å². The van der Waals surface area contributed by atoms with Crippen LogP contribution in [0.2, 0.25) is 0 Å². The van der Waals surface area contributed by atoms with E-state index in [9.17, 15) is 23.9 Å². The van der Waals surface area contributed by atoms with Crippen molar-refractivity contribution in [1.29, 1.82) is 0 Å². The lowest BCUT2D eigenvalue weighted by Crippen LogP contribution is -2.61. The number of carbonyl (C=O) groups excluding carboxylic acids is 2. The molecule has 4 rings (SSSR count). The van der Waals surface area contributed by atoms with E-state index in [0.29, 0.717) is 29.9 Å². The fraction of sp³-hybridized carbons (Fsp3) is 0.481. The molecule has 39 heavy (non-hydrogen) atoms. The van der Waals surface area contributed by atoms with Gasteiger partial charge in [-0.2, -0.15) is 0 Å². The number of benzene rings is 1. The molecule has 0 bridgehead atoms. The topological polar surface area (TPSA) is 113 Å². The standard InChI is InChI=1S/C27H32ClFN4O6/c1-16-11-31(22(10-28)12-32(16)27(36)37)13-25(35)33-17(2)14-39-26-24(33)9-20(23(30-26)15-38-18(3)34)8-19-4-6-21(29)7-5-19/h4-7,9,16-17,22H,8,10-15H2,1-3H3,(H,36,37)/t16-,17?,22+/m1/s1. The van der Waals surface area contributed by atoms with Crippen LogP contribution in [0.3, 0.4) is 0 Å². The number of nitrogens with zero attached hydrogens (tertiary/aromatic N) is 4. The maximum Gasteiger partial charge on any atom is 0.407 e. The predicted octanol–water partition coefficient (Wildman–Crippen LogP) is 3.28. The Labute approximate surface area is 231 Å². The van der Waals surface area contributed by atoms with Crippen LogP contribution in [0.15, 0.2) is 30.3 Å². The summed E-state index contributed by atoms with van der Waals surface area (Å²) in [4.78, 5) is 46.4. The van der Waals surface area contributed by atoms with Crippen molar-refractivity contribution in [3.05, 3.63) is 53.0 Å². The van der Waals surface area contributed by atoms with E-state index in [0.717, 1.165) is 5.56 Å². The number of fused-ring (bicyclic) bond motifs is 1. The van der Waals surface area contributed by atoms with E-state index in [1.807, 2.05) is 17.9 Å². The van der Waals surface area contributed by atoms with E-state index >= 15 is 0 Å². The molecule has 1 fully saturated rings. The van der Waals surface area contributed by atoms with E-state index in [2.05, 4.69) is 4.98 Å². The third-order valence-electron chi connectivity index (χ3n) is 7.00. The summed E-state index contributed by atoms with van der Waals surface area (Å²) in [5, 5.41) is 9.50. The fourth-order valence-electron chi connectivity index (χ4n) is 4.97. The first kappa shape index (κ1) is 28.6. The van der Waals surface area contributed by atoms with Crippen LogP contribution in [-0.2, 0) is 27.4 Å². The third-order valence-corrected chi connectivity index (χ3v) is 7.36. The number of carbonyl (C=O) groups is 3. The van der Waals surface area contributed by atoms with Gasteiger partial charge >= 0.3 is 12.1 Å². The molecule has 2 amide bonds. The molecular formula is C27H32ClFN4O6. The first-order valence-corrected chi connectivity index (χ1v) is 13.3. The van der Waals surface area contributed by atoms with Gasteiger partial charge in [-0.3, -0.25) is 14.5 Å². The summed E-state index contributed by atoms with van der Waals surface area (Å²) in [6.07, 6.45) is -0.639. The summed E-state index contributed by atoms with van der Waals surface area (Å²) in [5.41, 5.74) is 2.50. The molecular weight excluding hydrogens is 531 g/mol. The van der Waals surface area contributed by atoms with Gasteiger partial charge in [-0.1, -0.05) is 12.1 Å². The van der Waals surface area contributed by atoms with E-state index in [1.165, 1.54) is 24.0 Å². The zero-order valence-electron chi connectivity index (χ0n) is 22.1. The molecule has 1 N–H and O–H groups in total. The quantitative estimate of drug-likeness (QED) is 0.404. The second-order valence-electron chi connectivity index (χ2n) is 9.95. The highest BCUT2D eigenvalue weighted by Gasteiger charge is 2.38. The molecule has 3 heterocycles. The Hall–Kier alpha value is -3.44. The van der Waals surface area contributed by atoms with Gasteiger partial charge in [0, 0.05) is 38.0 Å². The van der Waals surface area contributed by atoms with E-state index in [-0.39, 0.29) is 67.9 Å². The molecule has 210 valence electrons. The molecule has 1 aromatic heterocycles. The van der Waals surface area contributed by atoms with E-state index in [1.54, 1.807) is 24.0 Å². The van der Waals surface area contributed by atoms with Gasteiger partial charge in [-0.05, 0) is 49.6 Å². The molecule has 1 saturated heterocycles. The number of amides is 2. The minimum atomic E-state index is -1.01. The number of ether oxygens (including phenoxy) is 2. The predicted molar refractivity (Wildman–Crippen MR) is 142 cm³/mol. The summed E-state index contributed by atoms with van der Waals surface area (Å²) in [5.74, 6) is -0.568. The Morgan fingerprint density at radius 3 is 2.54 bits per heavy atom. The smallest absolute Gasteiger partial charge is 0.407 e. The minimum absolute atomic E-state index is 0.0431. The number of alkyl halides is 1. The van der Waals surface area contributed by atoms with Crippen molar-refractivity contribution < 1.29 is 33.4 Å². The molecule has 1 unspecified atom stereocenters. The molecule has 0 saturated carbocycles. The molecule has 12 heteroatoms. The number of rotatable bonds is 7. The molecule has 0 spiro atoms. The first-order chi connectivity index (χ1) is 18.6. The number of esters is 1. The molecule has 0 radical (unpaired) electrons. The van der Waals surface area contributed by atoms with Crippen LogP contribution in [0.25, 0.3) is 0 Å². The highest BCUT2D eigenvalue weighted by Crippen LogP contribution is 2.35. The molecule has 2 aliphatic rings. The van der Waals surface area contributed by atoms with Crippen LogP contribution in [0.1, 0.15) is 37.6 Å². The van der Waals surface area contributed by atoms with Gasteiger partial charge in [-0.25, -0.2) is 14.2 Å². The fourth-order valence-corrected chi connectivity index (χ4v) is 5.26. The van der Waals surface area contributed by atoms with Crippen LogP contribution in [0.4, 0.5) is 14.9 Å². The lowest BCUT2D eigenvalue weighted by molar-refractivity contribution is -0.142. The summed E-state index contributed by atoms with van der Waals surface area (Å²) in [7, 11) is 0. The van der Waals surface area contributed by atoms with Crippen molar-refractivity contribution in [3.8, 4) is 5.88 Å². The molecule has 2 aromatic rings. The number of anilines is 1. The van der Waals surface area contributed by atoms with Gasteiger partial charge in [0.15, 0.2) is 0 Å². The third kappa shape index (κ3) is 6.59. The SMILES string of the molecule is CC(=O)OCc1nc2c(cc1Cc1ccc(F)cc1)N(C(=O)CN1C[C@@H](C)N(C(=O)O)C[C@@H]1CCl)C(C)CO2. The summed E-state index contributed by atoms with van der Waals surface area (Å²) < 4.78 is 24.6. The number of piperazine rings is 1. The lowest BCUT2D eigenvalue weighted by Gasteiger charge is -2.44. The maximum atomic E-state index is 13.7. The highest BCUT2D eigenvalue weighted by molar-refractivity contribution is 6.18. The molecule has 1 aromatic carbocycles. The van der Waals surface area contributed by atoms with Gasteiger partial charge in [0.25, 0.3) is 0 Å². The van der Waals surface area contributed by atoms with Gasteiger partial charge < -0.3 is 24.4 Å². The molecule has 0 aliphatic carbocycles. The Balaban J connectivity index is 1.63. The van der Waals surface area contributed by atoms with Gasteiger partial charge in [0.2, 0.25) is 11.8 Å². The highest BCUT2D eigenvalue weighted by atomic mass is 35.5. The Morgan fingerprint density at radius 1 is 1.18 bits per heavy atom. The lowest BCUT2D eigenvalue weighted by atomic mass is 10.0. The average molecular weight is 563 g/mol. The van der Waals surface area contributed by atoms with Gasteiger partial charge in [-0.15, -0.1) is 11.6 Å². The maximum absolute atomic E-state index is 13.7. The number of pyridine rings is 1. The summed E-state index contributed by atoms with van der Waals surface area (Å²) >= 11 is 6.17. The second-order valence-corrected chi connectivity index (χ2v) is 10.3. The van der Waals surface area contributed by atoms with Crippen molar-refractivity contribution in [3.63, 3.8) is 0 Å². The van der Waals surface area contributed by atoms with Gasteiger partial charge in [0.05, 0.1) is 18.3 Å². The normalized spacial score (nSPS) is 21.2. The number of carboxylic acid groups (broad SMARTS) is 1. The Morgan fingerprint density at radius 2 is 1.90 bits per heavy atom. The number of halogens is 2. The minimum Gasteiger partial charge on any atom is -0.474 e. The van der Waals surface area contributed by atoms with Gasteiger partial charge in [0.1, 0.15) is 24.7 Å². The molecule has 2 aliphatic heterocycles. The van der Waals surface area contributed by atoms with Crippen molar-refractivity contribution in [1.82, 2.24) is 14.8 Å². The second kappa shape index (κ2) is 12.2. The zero-order valence-corrected chi connectivity index (χ0v) is 22.9. The summed E-state index contributed by atoms with van der Waals surface area (Å²) in [6.45, 7) is 5.76. The number of hydrogen-bond acceptors (Lipinski definition) is 7. The zero-order chi connectivity index (χ0) is 28.3. The van der Waals surface area contributed by atoms with Crippen LogP contribution >= 0.6 is 11.6 Å². The average Bonchev–Trinajstić information content (AvgIpc) is 2.88. The van der Waals surface area contributed by atoms with E-state index < -0.39 is 12.1 Å². The van der Waals surface area contributed by atoms with Crippen LogP contribution in [0.5, 0.6) is 5.88 Å². The Bertz CT molecular complexity index is 1230. The van der Waals surface area contributed by atoms with Crippen molar-refractivity contribution in [2.75, 3.05) is 37.0 Å². The van der Waals surface area contributed by atoms with Crippen LogP contribution in [-0.4, -0.2) is 88.1 Å². The monoisotopic (exact) mass is 562 g/mol. The summed E-state index contributed by atoms with van der Waals surface area (Å²) in [6, 6.07) is 6.97. The molecule has 3 atom stereocenters. The molecule has 10 nitrogen and oxygen atoms in total. The Kier molecular flexibility index (Phi) is 8.91. The van der Waals surface area contributed by atoms with E-state index in [4.69, 9.17) is 21.1 Å².